The van der Waals surface area contributed by atoms with Crippen LogP contribution in [-0.2, 0) is 9.53 Å². The van der Waals surface area contributed by atoms with E-state index >= 15 is 0 Å². The number of hydrogen-bond donors (Lipinski definition) is 0. The number of carbonyl (C=O) groups excluding carboxylic acids is 1. The highest BCUT2D eigenvalue weighted by atomic mass is 32.1. The lowest BCUT2D eigenvalue weighted by Gasteiger charge is -2.24. The molecule has 7 heteroatoms. The fourth-order valence-electron chi connectivity index (χ4n) is 4.15. The molecule has 35 heavy (non-hydrogen) atoms. The van der Waals surface area contributed by atoms with Gasteiger partial charge in [-0.25, -0.2) is 9.79 Å². The second-order valence-electron chi connectivity index (χ2n) is 8.63. The van der Waals surface area contributed by atoms with E-state index in [-0.39, 0.29) is 12.2 Å². The average molecular weight is 491 g/mol. The number of nitrogens with zero attached hydrogens (tertiary/aromatic N) is 2. The van der Waals surface area contributed by atoms with Crippen LogP contribution >= 0.6 is 11.3 Å². The quantitative estimate of drug-likeness (QED) is 0.463. The number of esters is 1. The van der Waals surface area contributed by atoms with Gasteiger partial charge in [-0.2, -0.15) is 0 Å². The third kappa shape index (κ3) is 5.00. The summed E-state index contributed by atoms with van der Waals surface area (Å²) in [6.07, 6.45) is 1.88. The van der Waals surface area contributed by atoms with Crippen LogP contribution in [0.2, 0.25) is 0 Å². The molecule has 4 rings (SSSR count). The van der Waals surface area contributed by atoms with Crippen LogP contribution in [0.3, 0.4) is 0 Å². The van der Waals surface area contributed by atoms with Gasteiger partial charge in [-0.3, -0.25) is 9.36 Å². The van der Waals surface area contributed by atoms with Crippen molar-refractivity contribution in [3.8, 4) is 5.75 Å². The van der Waals surface area contributed by atoms with E-state index in [0.717, 1.165) is 16.9 Å². The highest BCUT2D eigenvalue weighted by Gasteiger charge is 2.33. The van der Waals surface area contributed by atoms with Crippen molar-refractivity contribution in [1.82, 2.24) is 4.57 Å². The minimum atomic E-state index is -0.633. The fourth-order valence-corrected chi connectivity index (χ4v) is 5.20. The maximum Gasteiger partial charge on any atom is 0.338 e. The molecule has 0 aliphatic carbocycles. The highest BCUT2D eigenvalue weighted by Crippen LogP contribution is 2.31. The molecular weight excluding hydrogens is 460 g/mol. The van der Waals surface area contributed by atoms with Crippen molar-refractivity contribution in [2.75, 3.05) is 13.2 Å². The van der Waals surface area contributed by atoms with Crippen LogP contribution in [0.15, 0.2) is 69.6 Å². The lowest BCUT2D eigenvalue weighted by molar-refractivity contribution is -0.139. The van der Waals surface area contributed by atoms with Gasteiger partial charge in [0.1, 0.15) is 5.75 Å². The smallest absolute Gasteiger partial charge is 0.338 e. The molecule has 0 bridgehead atoms. The molecule has 1 aliphatic heterocycles. The summed E-state index contributed by atoms with van der Waals surface area (Å²) < 4.78 is 13.1. The maximum absolute atomic E-state index is 13.7. The molecule has 0 fully saturated rings. The van der Waals surface area contributed by atoms with Crippen molar-refractivity contribution >= 4 is 23.4 Å². The van der Waals surface area contributed by atoms with E-state index in [0.29, 0.717) is 33.1 Å². The summed E-state index contributed by atoms with van der Waals surface area (Å²) in [4.78, 5) is 31.8. The average Bonchev–Trinajstić information content (AvgIpc) is 3.13. The molecule has 1 aliphatic rings. The van der Waals surface area contributed by atoms with Gasteiger partial charge in [0.2, 0.25) is 0 Å². The molecule has 0 N–H and O–H groups in total. The zero-order chi connectivity index (χ0) is 25.1. The molecule has 182 valence electrons. The molecule has 6 nitrogen and oxygen atoms in total. The largest absolute Gasteiger partial charge is 0.494 e. The van der Waals surface area contributed by atoms with Crippen LogP contribution in [-0.4, -0.2) is 23.8 Å². The summed E-state index contributed by atoms with van der Waals surface area (Å²) in [6.45, 7) is 10.6. The SMILES string of the molecule is CCOC(=O)C1=C(C)N=c2s/c(=C\c3ccc(C(C)C)cc3)c(=O)n2[C@H]1c1ccc(OCC)cc1. The Kier molecular flexibility index (Phi) is 7.36. The van der Waals surface area contributed by atoms with Crippen molar-refractivity contribution in [2.45, 2.75) is 46.6 Å². The van der Waals surface area contributed by atoms with Crippen LogP contribution in [0.4, 0.5) is 0 Å². The summed E-state index contributed by atoms with van der Waals surface area (Å²) in [5.74, 6) is 0.700. The number of fused-ring (bicyclic) bond motifs is 1. The number of allylic oxidation sites excluding steroid dienone is 1. The molecule has 0 unspecified atom stereocenters. The van der Waals surface area contributed by atoms with E-state index in [9.17, 15) is 9.59 Å². The minimum Gasteiger partial charge on any atom is -0.494 e. The van der Waals surface area contributed by atoms with Gasteiger partial charge in [-0.1, -0.05) is 61.6 Å². The van der Waals surface area contributed by atoms with E-state index in [1.807, 2.05) is 49.4 Å². The fraction of sp³-hybridized carbons (Fsp3) is 0.321. The van der Waals surface area contributed by atoms with Crippen LogP contribution in [0.25, 0.3) is 6.08 Å². The molecule has 2 aromatic carbocycles. The topological polar surface area (TPSA) is 69.9 Å². The van der Waals surface area contributed by atoms with Gasteiger partial charge in [0.05, 0.1) is 35.1 Å². The van der Waals surface area contributed by atoms with Crippen molar-refractivity contribution in [2.24, 2.45) is 4.99 Å². The predicted molar refractivity (Wildman–Crippen MR) is 139 cm³/mol. The maximum atomic E-state index is 13.7. The Morgan fingerprint density at radius 2 is 1.77 bits per heavy atom. The summed E-state index contributed by atoms with van der Waals surface area (Å²) in [7, 11) is 0. The number of ether oxygens (including phenoxy) is 2. The Morgan fingerprint density at radius 3 is 2.37 bits per heavy atom. The lowest BCUT2D eigenvalue weighted by Crippen LogP contribution is -2.39. The molecule has 0 radical (unpaired) electrons. The van der Waals surface area contributed by atoms with E-state index in [4.69, 9.17) is 9.47 Å². The predicted octanol–water partition coefficient (Wildman–Crippen LogP) is 4.32. The second kappa shape index (κ2) is 10.4. The van der Waals surface area contributed by atoms with E-state index in [1.54, 1.807) is 18.4 Å². The van der Waals surface area contributed by atoms with Gasteiger partial charge >= 0.3 is 5.97 Å². The molecular formula is C28H30N2O4S. The number of hydrogen-bond acceptors (Lipinski definition) is 6. The molecule has 0 amide bonds. The highest BCUT2D eigenvalue weighted by molar-refractivity contribution is 7.07. The first-order chi connectivity index (χ1) is 16.8. The van der Waals surface area contributed by atoms with Gasteiger partial charge in [0.15, 0.2) is 4.80 Å². The van der Waals surface area contributed by atoms with Crippen LogP contribution in [0.5, 0.6) is 5.75 Å². The van der Waals surface area contributed by atoms with E-state index < -0.39 is 12.0 Å². The summed E-state index contributed by atoms with van der Waals surface area (Å²) in [5.41, 5.74) is 3.72. The number of aromatic nitrogens is 1. The molecule has 1 aromatic heterocycles. The van der Waals surface area contributed by atoms with Gasteiger partial charge in [0, 0.05) is 0 Å². The first-order valence-electron chi connectivity index (χ1n) is 11.9. The lowest BCUT2D eigenvalue weighted by atomic mass is 9.96. The molecule has 1 atom stereocenters. The van der Waals surface area contributed by atoms with Gasteiger partial charge in [0.25, 0.3) is 5.56 Å². The Labute approximate surface area is 208 Å². The summed E-state index contributed by atoms with van der Waals surface area (Å²) in [5, 5.41) is 0. The van der Waals surface area contributed by atoms with Gasteiger partial charge < -0.3 is 9.47 Å². The Balaban J connectivity index is 1.87. The Bertz CT molecular complexity index is 1430. The molecule has 3 aromatic rings. The molecule has 0 saturated carbocycles. The Morgan fingerprint density at radius 1 is 1.09 bits per heavy atom. The van der Waals surface area contributed by atoms with Gasteiger partial charge in [-0.05, 0) is 61.6 Å². The third-order valence-corrected chi connectivity index (χ3v) is 6.91. The monoisotopic (exact) mass is 490 g/mol. The van der Waals surface area contributed by atoms with E-state index in [1.165, 1.54) is 16.9 Å². The van der Waals surface area contributed by atoms with Crippen molar-refractivity contribution in [3.63, 3.8) is 0 Å². The summed E-state index contributed by atoms with van der Waals surface area (Å²) in [6, 6.07) is 15.0. The first-order valence-corrected chi connectivity index (χ1v) is 12.7. The number of rotatable bonds is 7. The molecule has 0 spiro atoms. The zero-order valence-corrected chi connectivity index (χ0v) is 21.5. The second-order valence-corrected chi connectivity index (χ2v) is 9.63. The summed E-state index contributed by atoms with van der Waals surface area (Å²) >= 11 is 1.33. The number of thiazole rings is 1. The number of carbonyl (C=O) groups is 1. The molecule has 0 saturated heterocycles. The number of benzene rings is 2. The van der Waals surface area contributed by atoms with Crippen molar-refractivity contribution in [1.29, 1.82) is 0 Å². The van der Waals surface area contributed by atoms with E-state index in [2.05, 4.69) is 31.0 Å². The van der Waals surface area contributed by atoms with Crippen LogP contribution < -0.4 is 19.6 Å². The van der Waals surface area contributed by atoms with Gasteiger partial charge in [-0.15, -0.1) is 0 Å². The normalized spacial score (nSPS) is 15.7. The van der Waals surface area contributed by atoms with Crippen molar-refractivity contribution in [3.05, 3.63) is 96.2 Å². The Hall–Kier alpha value is -3.45. The van der Waals surface area contributed by atoms with Crippen LogP contribution in [0.1, 0.15) is 63.3 Å². The molecule has 2 heterocycles. The standard InChI is InChI=1S/C28H30N2O4S/c1-6-33-22-14-12-21(13-15-22)25-24(27(32)34-7-2)18(5)29-28-30(25)26(31)23(35-28)16-19-8-10-20(11-9-19)17(3)4/h8-17,25H,6-7H2,1-5H3/b23-16-/t25-/m0/s1. The minimum absolute atomic E-state index is 0.185. The third-order valence-electron chi connectivity index (χ3n) is 5.92. The van der Waals surface area contributed by atoms with Crippen molar-refractivity contribution < 1.29 is 14.3 Å². The zero-order valence-electron chi connectivity index (χ0n) is 20.7. The first kappa shape index (κ1) is 24.7. The van der Waals surface area contributed by atoms with Crippen LogP contribution in [0, 0.1) is 0 Å².